The third-order valence-electron chi connectivity index (χ3n) is 17.4. The lowest BCUT2D eigenvalue weighted by molar-refractivity contribution is -0.385. The molecule has 42 heteroatoms. The molecule has 0 bridgehead atoms. The number of aliphatic hydroxyl groups is 1. The molecule has 0 unspecified atom stereocenters. The van der Waals surface area contributed by atoms with E-state index in [-0.39, 0.29) is 41.8 Å². The van der Waals surface area contributed by atoms with Crippen LogP contribution in [0.1, 0.15) is 77.0 Å². The number of sulfonamides is 4. The third kappa shape index (κ3) is 47.9. The predicted molar refractivity (Wildman–Crippen MR) is 557 cm³/mol. The van der Waals surface area contributed by atoms with E-state index in [0.29, 0.717) is 100 Å². The molecule has 0 saturated heterocycles. The van der Waals surface area contributed by atoms with Gasteiger partial charge in [0.2, 0.25) is 5.24 Å². The van der Waals surface area contributed by atoms with Crippen LogP contribution in [-0.2, 0) is 102 Å². The maximum absolute atomic E-state index is 12.4. The first kappa shape index (κ1) is 119. The number of carbonyl (C=O) groups excluding carboxylic acids is 7. The number of esters is 4. The number of nitrogens with two attached hydrogens (primary N) is 1. The molecule has 35 nitrogen and oxygen atoms in total. The zero-order chi connectivity index (χ0) is 107. The minimum atomic E-state index is -3.75. The SMILES string of the molecule is CCOC(=O)/C=C/c1cccc(N)c1.CCOC(=O)/C=C/c1cccc(S(=O)(=O)Cl)c1.CCOC(=O)/C=C/c1cccc(S(=O)(=O)Nc2ccccc2)c1.CCOC(=O)/C=C/c1cccc([N+](=O)[O-])c1.O=C(/C=C/c1cccc(S(=O)(=O)Nc2ccccc2)c1)CO.O=C(Cl)/C=C/c1cccc(S(=O)(=O)Nc2ccccc2)c1.O=C(O)/C=C/c1cccc(S(=O)(=O)Nc2ccccc2)c1.O=Cc1cccc([N+](=O)[O-])c1. The molecule has 12 rings (SSSR count). The number of carbonyl (C=O) groups is 8. The van der Waals surface area contributed by atoms with Crippen LogP contribution in [0.4, 0.5) is 39.8 Å². The number of rotatable bonds is 35. The van der Waals surface area contributed by atoms with Crippen LogP contribution >= 0.6 is 22.3 Å². The number of nitrogen functional groups attached to an aromatic ring is 1. The van der Waals surface area contributed by atoms with Crippen molar-refractivity contribution in [1.29, 1.82) is 0 Å². The number of allylic oxidation sites excluding steroid dienone is 1. The van der Waals surface area contributed by atoms with Crippen LogP contribution in [0.25, 0.3) is 42.5 Å². The molecule has 12 aromatic carbocycles. The Morgan fingerprint density at radius 2 is 0.572 bits per heavy atom. The lowest BCUT2D eigenvalue weighted by Gasteiger charge is -2.08. The number of nitrogens with zero attached hydrogens (tertiary/aromatic N) is 2. The number of anilines is 5. The minimum Gasteiger partial charge on any atom is -0.478 e. The van der Waals surface area contributed by atoms with Crippen molar-refractivity contribution >= 4 is 201 Å². The number of aldehydes is 1. The van der Waals surface area contributed by atoms with Gasteiger partial charge in [-0.2, -0.15) is 0 Å². The maximum atomic E-state index is 12.4. The summed E-state index contributed by atoms with van der Waals surface area (Å²) in [6, 6.07) is 83.8. The number of ketones is 1. The number of hydrogen-bond donors (Lipinski definition) is 7. The molecule has 0 radical (unpaired) electrons. The molecule has 8 N–H and O–H groups in total. The number of benzene rings is 12. The molecule has 0 aliphatic rings. The largest absolute Gasteiger partial charge is 0.478 e. The number of nitro groups is 2. The quantitative estimate of drug-likeness (QED) is 0.00283. The van der Waals surface area contributed by atoms with Gasteiger partial charge in [0.1, 0.15) is 12.9 Å². The van der Waals surface area contributed by atoms with Crippen LogP contribution < -0.4 is 24.6 Å². The number of carboxylic acids is 1. The third-order valence-corrected chi connectivity index (χ3v) is 24.4. The van der Waals surface area contributed by atoms with Crippen LogP contribution in [0.2, 0.25) is 0 Å². The monoisotopic (exact) mass is 2110 g/mol. The Morgan fingerprint density at radius 3 is 0.834 bits per heavy atom. The van der Waals surface area contributed by atoms with E-state index in [1.807, 2.05) is 12.1 Å². The number of nitro benzene ring substituents is 2. The van der Waals surface area contributed by atoms with Crippen molar-refractivity contribution < 1.29 is 119 Å². The highest BCUT2D eigenvalue weighted by Gasteiger charge is 2.20. The van der Waals surface area contributed by atoms with E-state index in [2.05, 4.69) is 23.6 Å². The second-order valence-electron chi connectivity index (χ2n) is 28.3. The van der Waals surface area contributed by atoms with E-state index in [0.717, 1.165) is 17.7 Å². The summed E-state index contributed by atoms with van der Waals surface area (Å²) in [7, 11) is -13.3. The van der Waals surface area contributed by atoms with Crippen molar-refractivity contribution in [2.24, 2.45) is 0 Å². The number of non-ortho nitro benzene ring substituents is 2. The number of hydrogen-bond acceptors (Lipinski definition) is 28. The van der Waals surface area contributed by atoms with Crippen LogP contribution in [0.5, 0.6) is 0 Å². The fourth-order valence-electron chi connectivity index (χ4n) is 10.9. The van der Waals surface area contributed by atoms with Crippen molar-refractivity contribution in [3.63, 3.8) is 0 Å². The van der Waals surface area contributed by atoms with Crippen LogP contribution in [0, 0.1) is 20.2 Å². The Balaban J connectivity index is 0.000000294. The molecule has 0 aliphatic carbocycles. The average molecular weight is 2110 g/mol. The molecule has 0 fully saturated rings. The molecule has 12 aromatic rings. The summed E-state index contributed by atoms with van der Waals surface area (Å²) < 4.78 is 149. The van der Waals surface area contributed by atoms with Gasteiger partial charge in [0.15, 0.2) is 5.78 Å². The Hall–Kier alpha value is -16.7. The highest BCUT2D eigenvalue weighted by molar-refractivity contribution is 8.13. The van der Waals surface area contributed by atoms with Gasteiger partial charge in [-0.25, -0.2) is 66.1 Å². The first-order chi connectivity index (χ1) is 69.0. The molecule has 0 amide bonds. The van der Waals surface area contributed by atoms with Crippen molar-refractivity contribution in [1.82, 2.24) is 0 Å². The molecule has 0 aliphatic heterocycles. The fraction of sp³-hybridized carbons (Fsp3) is 0.0874. The molecule has 0 saturated carbocycles. The van der Waals surface area contributed by atoms with Gasteiger partial charge in [-0.15, -0.1) is 0 Å². The smallest absolute Gasteiger partial charge is 0.330 e. The zero-order valence-corrected chi connectivity index (χ0v) is 83.1. The summed E-state index contributed by atoms with van der Waals surface area (Å²) in [5.41, 5.74) is 12.6. The lowest BCUT2D eigenvalue weighted by Crippen LogP contribution is -2.12. The molecule has 145 heavy (non-hydrogen) atoms. The van der Waals surface area contributed by atoms with Crippen LogP contribution in [0.15, 0.2) is 382 Å². The van der Waals surface area contributed by atoms with Crippen LogP contribution in [-0.4, -0.2) is 142 Å². The van der Waals surface area contributed by atoms with E-state index in [9.17, 15) is 101 Å². The standard InChI is InChI=1S/C17H17NO4S.C16H15NO4S.C15H12ClNO3S.C15H13NO4S.C11H11ClO4S.C11H11NO4.C11H13NO2.C7H5NO3/c1-2-22-17(19)12-11-14-7-6-10-16(13-14)23(20,21)18-15-8-4-3-5-9-15;18-12-15(19)10-9-13-5-4-8-16(11-13)22(20,21)17-14-6-2-1-3-7-14;16-15(18)10-9-12-5-4-8-14(11-12)21(19,20)17-13-6-2-1-3-7-13;17-15(18)10-9-12-5-4-8-14(11-12)21(19,20)16-13-6-2-1-3-7-13;1-2-16-11(13)7-6-9-4-3-5-10(8-9)17(12,14)15;1-2-16-11(13)7-6-9-4-3-5-10(8-9)12(14)15;1-2-14-11(13)7-6-9-4-3-5-10(12)8-9;9-5-6-2-1-3-7(4-6)8(10)11/h3-13,18H,2H2,1H3;1-11,17-18H,12H2;1-11,17H;1-11,16H,(H,17,18);3-8H,2H2,1H3;3-8H,2H2,1H3;3-8H,2,12H2,1H3;1-5H/b12-11+;3*10-9+;3*7-6+;. The number of aliphatic carboxylic acids is 1. The summed E-state index contributed by atoms with van der Waals surface area (Å²) in [4.78, 5) is 107. The first-order valence-corrected chi connectivity index (χ1v) is 51.2. The highest BCUT2D eigenvalue weighted by Crippen LogP contribution is 2.25. The molecular weight excluding hydrogens is 2010 g/mol. The van der Waals surface area contributed by atoms with Crippen molar-refractivity contribution in [3.8, 4) is 0 Å². The Labute approximate surface area is 847 Å². The predicted octanol–water partition coefficient (Wildman–Crippen LogP) is 18.6. The van der Waals surface area contributed by atoms with Crippen molar-refractivity contribution in [2.75, 3.05) is 57.7 Å². The van der Waals surface area contributed by atoms with Gasteiger partial charge in [-0.05, 0) is 242 Å². The molecule has 0 heterocycles. The highest BCUT2D eigenvalue weighted by atomic mass is 35.7. The molecule has 0 aromatic heterocycles. The normalized spacial score (nSPS) is 11.1. The van der Waals surface area contributed by atoms with Gasteiger partial charge in [0, 0.05) is 99.3 Å². The number of nitrogens with one attached hydrogen (secondary N) is 4. The second kappa shape index (κ2) is 62.4. The fourth-order valence-corrected chi connectivity index (χ4v) is 16.2. The second-order valence-corrected chi connectivity index (χ2v) is 38.0. The number of para-hydroxylation sites is 4. The minimum absolute atomic E-state index is 0.00833. The van der Waals surface area contributed by atoms with Crippen molar-refractivity contribution in [2.45, 2.75) is 52.2 Å². The Kier molecular flexibility index (Phi) is 51.1. The molecule has 0 atom stereocenters. The topological polar surface area (TPSA) is 545 Å². The number of aliphatic hydroxyl groups excluding tert-OH is 1. The van der Waals surface area contributed by atoms with Gasteiger partial charge >= 0.3 is 29.8 Å². The first-order valence-electron chi connectivity index (χ1n) is 42.5. The van der Waals surface area contributed by atoms with Crippen LogP contribution in [0.3, 0.4) is 0 Å². The van der Waals surface area contributed by atoms with E-state index < -0.39 is 101 Å². The van der Waals surface area contributed by atoms with E-state index >= 15 is 0 Å². The molecular formula is C103H97Cl2N7O28S5. The summed E-state index contributed by atoms with van der Waals surface area (Å²) >= 11 is 5.21. The Bertz CT molecular complexity index is 7110. The van der Waals surface area contributed by atoms with E-state index in [1.54, 1.807) is 240 Å². The van der Waals surface area contributed by atoms with Crippen molar-refractivity contribution in [3.05, 3.63) is 423 Å². The van der Waals surface area contributed by atoms with E-state index in [4.69, 9.17) is 52.4 Å². The summed E-state index contributed by atoms with van der Waals surface area (Å²) in [6.45, 7) is 7.59. The molecule has 0 spiro atoms. The maximum Gasteiger partial charge on any atom is 0.330 e. The lowest BCUT2D eigenvalue weighted by atomic mass is 10.2. The number of halogens is 2. The van der Waals surface area contributed by atoms with Gasteiger partial charge in [0.05, 0.1) is 60.8 Å². The van der Waals surface area contributed by atoms with Gasteiger partial charge in [0.25, 0.3) is 60.5 Å². The van der Waals surface area contributed by atoms with E-state index in [1.165, 1.54) is 164 Å². The summed E-state index contributed by atoms with van der Waals surface area (Å²) in [5.74, 6) is -3.29. The summed E-state index contributed by atoms with van der Waals surface area (Å²) in [5, 5.41) is 37.3. The van der Waals surface area contributed by atoms with Gasteiger partial charge in [-0.3, -0.25) is 53.5 Å². The van der Waals surface area contributed by atoms with Gasteiger partial charge in [-0.1, -0.05) is 182 Å². The summed E-state index contributed by atoms with van der Waals surface area (Å²) in [6.07, 6.45) is 19.4. The van der Waals surface area contributed by atoms with Gasteiger partial charge < -0.3 is 34.9 Å². The number of ether oxygens (including phenoxy) is 4. The zero-order valence-electron chi connectivity index (χ0n) is 77.5. The average Bonchev–Trinajstić information content (AvgIpc) is 0.832. The number of carboxylic acid groups (broad SMARTS) is 1. The molecule has 756 valence electrons. The Morgan fingerprint density at radius 1 is 0.331 bits per heavy atom.